The van der Waals surface area contributed by atoms with Gasteiger partial charge in [0, 0.05) is 17.3 Å². The Labute approximate surface area is 141 Å². The number of benzene rings is 1. The maximum atomic E-state index is 12.0. The van der Waals surface area contributed by atoms with Crippen LogP contribution in [0.5, 0.6) is 0 Å². The molecule has 0 radical (unpaired) electrons. The Hall–Kier alpha value is -1.60. The summed E-state index contributed by atoms with van der Waals surface area (Å²) in [5.74, 6) is 1.27. The maximum absolute atomic E-state index is 12.0. The monoisotopic (exact) mass is 351 g/mol. The van der Waals surface area contributed by atoms with E-state index in [1.165, 1.54) is 18.0 Å². The third kappa shape index (κ3) is 4.03. The van der Waals surface area contributed by atoms with E-state index in [4.69, 9.17) is 5.73 Å². The van der Waals surface area contributed by atoms with Gasteiger partial charge in [-0.1, -0.05) is 31.7 Å². The molecule has 5 nitrogen and oxygen atoms in total. The molecular weight excluding hydrogens is 330 g/mol. The zero-order valence-corrected chi connectivity index (χ0v) is 15.5. The molecule has 0 unspecified atom stereocenters. The van der Waals surface area contributed by atoms with Crippen LogP contribution in [0.1, 0.15) is 36.7 Å². The fourth-order valence-electron chi connectivity index (χ4n) is 2.30. The SMILES string of the molecule is Cc1ncc(Sc2cc(S(C)(=O)=O)c(C)cc2C(C)C)c(N)n1. The second-order valence-electron chi connectivity index (χ2n) is 5.85. The lowest BCUT2D eigenvalue weighted by Gasteiger charge is -2.16. The van der Waals surface area contributed by atoms with Crippen molar-refractivity contribution in [2.45, 2.75) is 48.3 Å². The zero-order valence-electron chi connectivity index (χ0n) is 13.9. The zero-order chi connectivity index (χ0) is 17.4. The standard InChI is InChI=1S/C16H21N3O2S2/c1-9(2)12-6-10(3)15(23(5,20)21)7-13(12)22-14-8-18-11(4)19-16(14)17/h6-9H,1-5H3,(H2,17,18,19). The molecule has 2 rings (SSSR count). The maximum Gasteiger partial charge on any atom is 0.175 e. The highest BCUT2D eigenvalue weighted by molar-refractivity contribution is 7.99. The fourth-order valence-corrected chi connectivity index (χ4v) is 4.44. The molecule has 1 aromatic heterocycles. The van der Waals surface area contributed by atoms with Gasteiger partial charge < -0.3 is 5.73 Å². The molecule has 23 heavy (non-hydrogen) atoms. The predicted molar refractivity (Wildman–Crippen MR) is 93.7 cm³/mol. The number of sulfone groups is 1. The van der Waals surface area contributed by atoms with Crippen LogP contribution < -0.4 is 5.73 Å². The Morgan fingerprint density at radius 3 is 2.35 bits per heavy atom. The fraction of sp³-hybridized carbons (Fsp3) is 0.375. The molecule has 1 aromatic carbocycles. The van der Waals surface area contributed by atoms with Crippen molar-refractivity contribution in [2.75, 3.05) is 12.0 Å². The summed E-state index contributed by atoms with van der Waals surface area (Å²) in [7, 11) is -3.28. The van der Waals surface area contributed by atoms with E-state index in [-0.39, 0.29) is 5.92 Å². The molecule has 2 aromatic rings. The van der Waals surface area contributed by atoms with Crippen LogP contribution in [0.3, 0.4) is 0 Å². The van der Waals surface area contributed by atoms with Crippen LogP contribution in [0.2, 0.25) is 0 Å². The molecule has 1 heterocycles. The van der Waals surface area contributed by atoms with Crippen molar-refractivity contribution in [3.05, 3.63) is 35.3 Å². The van der Waals surface area contributed by atoms with Crippen molar-refractivity contribution in [1.29, 1.82) is 0 Å². The van der Waals surface area contributed by atoms with Crippen LogP contribution in [-0.2, 0) is 9.84 Å². The molecule has 124 valence electrons. The highest BCUT2D eigenvalue weighted by Crippen LogP contribution is 2.38. The number of nitrogens with zero attached hydrogens (tertiary/aromatic N) is 2. The third-order valence-electron chi connectivity index (χ3n) is 3.45. The van der Waals surface area contributed by atoms with Crippen LogP contribution in [0.25, 0.3) is 0 Å². The van der Waals surface area contributed by atoms with E-state index in [1.807, 2.05) is 13.0 Å². The Kier molecular flexibility index (Phi) is 5.01. The van der Waals surface area contributed by atoms with Crippen LogP contribution >= 0.6 is 11.8 Å². The molecule has 0 saturated heterocycles. The van der Waals surface area contributed by atoms with E-state index >= 15 is 0 Å². The average Bonchev–Trinajstić information content (AvgIpc) is 2.41. The van der Waals surface area contributed by atoms with Gasteiger partial charge in [0.1, 0.15) is 11.6 Å². The molecule has 0 amide bonds. The molecule has 0 saturated carbocycles. The van der Waals surface area contributed by atoms with Crippen LogP contribution in [0.4, 0.5) is 5.82 Å². The highest BCUT2D eigenvalue weighted by atomic mass is 32.2. The summed E-state index contributed by atoms with van der Waals surface area (Å²) in [5, 5.41) is 0. The van der Waals surface area contributed by atoms with Gasteiger partial charge in [-0.3, -0.25) is 0 Å². The van der Waals surface area contributed by atoms with Crippen molar-refractivity contribution in [2.24, 2.45) is 0 Å². The van der Waals surface area contributed by atoms with Crippen molar-refractivity contribution in [1.82, 2.24) is 9.97 Å². The molecular formula is C16H21N3O2S2. The quantitative estimate of drug-likeness (QED) is 0.909. The van der Waals surface area contributed by atoms with E-state index < -0.39 is 9.84 Å². The summed E-state index contributed by atoms with van der Waals surface area (Å²) >= 11 is 1.40. The first-order valence-corrected chi connectivity index (χ1v) is 9.92. The van der Waals surface area contributed by atoms with Gasteiger partial charge in [-0.25, -0.2) is 18.4 Å². The second-order valence-corrected chi connectivity index (χ2v) is 8.92. The average molecular weight is 351 g/mol. The Morgan fingerprint density at radius 1 is 1.17 bits per heavy atom. The molecule has 0 bridgehead atoms. The number of hydrogen-bond acceptors (Lipinski definition) is 6. The summed E-state index contributed by atoms with van der Waals surface area (Å²) < 4.78 is 24.0. The summed E-state index contributed by atoms with van der Waals surface area (Å²) in [6.07, 6.45) is 2.90. The number of aryl methyl sites for hydroxylation is 2. The molecule has 0 fully saturated rings. The molecule has 0 aliphatic carbocycles. The van der Waals surface area contributed by atoms with Crippen molar-refractivity contribution < 1.29 is 8.42 Å². The van der Waals surface area contributed by atoms with Crippen LogP contribution in [-0.4, -0.2) is 24.6 Å². The second kappa shape index (κ2) is 6.49. The van der Waals surface area contributed by atoms with Gasteiger partial charge in [-0.05, 0) is 37.0 Å². The van der Waals surface area contributed by atoms with E-state index in [0.29, 0.717) is 16.5 Å². The predicted octanol–water partition coefficient (Wildman–Crippen LogP) is 3.35. The smallest absolute Gasteiger partial charge is 0.175 e. The summed E-state index contributed by atoms with van der Waals surface area (Å²) in [5.41, 5.74) is 7.80. The van der Waals surface area contributed by atoms with Crippen LogP contribution in [0.15, 0.2) is 33.0 Å². The van der Waals surface area contributed by atoms with E-state index in [0.717, 1.165) is 20.9 Å². The van der Waals surface area contributed by atoms with E-state index in [9.17, 15) is 8.42 Å². The minimum Gasteiger partial charge on any atom is -0.383 e. The van der Waals surface area contributed by atoms with E-state index in [2.05, 4.69) is 23.8 Å². The Bertz CT molecular complexity index is 847. The Morgan fingerprint density at radius 2 is 1.83 bits per heavy atom. The molecule has 7 heteroatoms. The first kappa shape index (κ1) is 17.7. The van der Waals surface area contributed by atoms with Gasteiger partial charge in [0.2, 0.25) is 0 Å². The largest absolute Gasteiger partial charge is 0.383 e. The minimum absolute atomic E-state index is 0.261. The van der Waals surface area contributed by atoms with Gasteiger partial charge in [-0.2, -0.15) is 0 Å². The summed E-state index contributed by atoms with van der Waals surface area (Å²) in [6.45, 7) is 7.75. The Balaban J connectivity index is 2.59. The lowest BCUT2D eigenvalue weighted by atomic mass is 10.0. The lowest BCUT2D eigenvalue weighted by molar-refractivity contribution is 0.601. The topological polar surface area (TPSA) is 85.9 Å². The van der Waals surface area contributed by atoms with Gasteiger partial charge in [0.25, 0.3) is 0 Å². The molecule has 2 N–H and O–H groups in total. The van der Waals surface area contributed by atoms with Gasteiger partial charge in [-0.15, -0.1) is 0 Å². The van der Waals surface area contributed by atoms with Crippen molar-refractivity contribution >= 4 is 27.4 Å². The minimum atomic E-state index is -3.28. The molecule has 0 atom stereocenters. The number of nitrogen functional groups attached to an aromatic ring is 1. The molecule has 0 aliphatic rings. The third-order valence-corrected chi connectivity index (χ3v) is 5.80. The molecule has 0 spiro atoms. The number of aromatic nitrogens is 2. The van der Waals surface area contributed by atoms with Crippen molar-refractivity contribution in [3.63, 3.8) is 0 Å². The van der Waals surface area contributed by atoms with Crippen LogP contribution in [0, 0.1) is 13.8 Å². The normalized spacial score (nSPS) is 11.9. The highest BCUT2D eigenvalue weighted by Gasteiger charge is 2.18. The summed E-state index contributed by atoms with van der Waals surface area (Å²) in [6, 6.07) is 3.67. The first-order chi connectivity index (χ1) is 10.6. The van der Waals surface area contributed by atoms with Gasteiger partial charge in [0.15, 0.2) is 9.84 Å². The number of rotatable bonds is 4. The lowest BCUT2D eigenvalue weighted by Crippen LogP contribution is -2.04. The number of hydrogen-bond donors (Lipinski definition) is 1. The van der Waals surface area contributed by atoms with Gasteiger partial charge >= 0.3 is 0 Å². The number of nitrogens with two attached hydrogens (primary N) is 1. The van der Waals surface area contributed by atoms with E-state index in [1.54, 1.807) is 19.2 Å². The first-order valence-electron chi connectivity index (χ1n) is 7.21. The van der Waals surface area contributed by atoms with Gasteiger partial charge in [0.05, 0.1) is 9.79 Å². The van der Waals surface area contributed by atoms with Crippen molar-refractivity contribution in [3.8, 4) is 0 Å². The summed E-state index contributed by atoms with van der Waals surface area (Å²) in [4.78, 5) is 10.3. The molecule has 0 aliphatic heterocycles. The number of anilines is 1.